The molecule has 12 heavy (non-hydrogen) atoms. The number of hydrogen-bond donors (Lipinski definition) is 0. The SMILES string of the molecule is CCC[S+](C)N1C(=O)CCC1=O. The van der Waals surface area contributed by atoms with Crippen molar-refractivity contribution in [3.63, 3.8) is 0 Å². The standard InChI is InChI=1S/C8H14NO2S/c1-3-6-12(2)9-7(10)4-5-8(9)11/h3-6H2,1-2H3/q+1. The summed E-state index contributed by atoms with van der Waals surface area (Å²) in [6.45, 7) is 2.06. The maximum Gasteiger partial charge on any atom is 0.273 e. The molecule has 1 heterocycles. The van der Waals surface area contributed by atoms with Crippen LogP contribution in [0.25, 0.3) is 0 Å². The molecule has 1 aliphatic heterocycles. The molecule has 68 valence electrons. The Balaban J connectivity index is 2.59. The first-order valence-electron chi connectivity index (χ1n) is 4.15. The summed E-state index contributed by atoms with van der Waals surface area (Å²) in [5.41, 5.74) is 0. The smallest absolute Gasteiger partial charge is 0.270 e. The molecule has 1 fully saturated rings. The average molecular weight is 188 g/mol. The zero-order valence-corrected chi connectivity index (χ0v) is 8.32. The molecule has 0 aromatic carbocycles. The van der Waals surface area contributed by atoms with E-state index >= 15 is 0 Å². The van der Waals surface area contributed by atoms with Gasteiger partial charge in [-0.1, -0.05) is 11.2 Å². The number of carbonyl (C=O) groups is 2. The zero-order valence-electron chi connectivity index (χ0n) is 7.50. The Hall–Kier alpha value is -0.510. The van der Waals surface area contributed by atoms with E-state index in [9.17, 15) is 9.59 Å². The minimum Gasteiger partial charge on any atom is -0.270 e. The van der Waals surface area contributed by atoms with Gasteiger partial charge in [-0.25, -0.2) is 0 Å². The molecule has 1 unspecified atom stereocenters. The maximum absolute atomic E-state index is 11.2. The monoisotopic (exact) mass is 188 g/mol. The van der Waals surface area contributed by atoms with Crippen molar-refractivity contribution in [2.75, 3.05) is 12.0 Å². The minimum atomic E-state index is -0.171. The molecule has 0 aliphatic carbocycles. The largest absolute Gasteiger partial charge is 0.273 e. The van der Waals surface area contributed by atoms with Gasteiger partial charge in [0.05, 0.1) is 0 Å². The van der Waals surface area contributed by atoms with E-state index < -0.39 is 0 Å². The Morgan fingerprint density at radius 2 is 1.83 bits per heavy atom. The van der Waals surface area contributed by atoms with Crippen LogP contribution in [0, 0.1) is 0 Å². The number of hydrogen-bond acceptors (Lipinski definition) is 2. The summed E-state index contributed by atoms with van der Waals surface area (Å²) in [5.74, 6) is 0.968. The van der Waals surface area contributed by atoms with E-state index in [0.717, 1.165) is 12.2 Å². The molecule has 1 saturated heterocycles. The van der Waals surface area contributed by atoms with Crippen molar-refractivity contribution in [1.82, 2.24) is 4.31 Å². The van der Waals surface area contributed by atoms with E-state index in [2.05, 4.69) is 6.92 Å². The Labute approximate surface area is 75.6 Å². The molecule has 0 N–H and O–H groups in total. The zero-order chi connectivity index (χ0) is 9.14. The van der Waals surface area contributed by atoms with Crippen LogP contribution in [0.5, 0.6) is 0 Å². The Morgan fingerprint density at radius 3 is 2.25 bits per heavy atom. The summed E-state index contributed by atoms with van der Waals surface area (Å²) in [6.07, 6.45) is 3.82. The third-order valence-electron chi connectivity index (χ3n) is 1.82. The Morgan fingerprint density at radius 1 is 1.33 bits per heavy atom. The van der Waals surface area contributed by atoms with Crippen LogP contribution in [0.3, 0.4) is 0 Å². The number of imide groups is 1. The van der Waals surface area contributed by atoms with Gasteiger partial charge in [0.2, 0.25) is 0 Å². The summed E-state index contributed by atoms with van der Waals surface area (Å²) in [6, 6.07) is 0. The third-order valence-corrected chi connectivity index (χ3v) is 3.85. The molecule has 0 bridgehead atoms. The van der Waals surface area contributed by atoms with Crippen molar-refractivity contribution in [2.45, 2.75) is 26.2 Å². The fourth-order valence-corrected chi connectivity index (χ4v) is 2.94. The number of amides is 2. The molecule has 1 rings (SSSR count). The molecule has 0 radical (unpaired) electrons. The second kappa shape index (κ2) is 3.94. The first-order chi connectivity index (χ1) is 5.66. The van der Waals surface area contributed by atoms with Crippen LogP contribution in [-0.2, 0) is 20.7 Å². The van der Waals surface area contributed by atoms with Gasteiger partial charge in [-0.05, 0) is 6.42 Å². The van der Waals surface area contributed by atoms with E-state index in [-0.39, 0.29) is 22.9 Å². The lowest BCUT2D eigenvalue weighted by Crippen LogP contribution is -2.36. The average Bonchev–Trinajstić information content (AvgIpc) is 2.32. The molecule has 0 spiro atoms. The summed E-state index contributed by atoms with van der Waals surface area (Å²) < 4.78 is 1.45. The van der Waals surface area contributed by atoms with E-state index in [4.69, 9.17) is 0 Å². The minimum absolute atomic E-state index is 0.0132. The Kier molecular flexibility index (Phi) is 3.14. The van der Waals surface area contributed by atoms with Gasteiger partial charge >= 0.3 is 0 Å². The number of rotatable bonds is 3. The molecular weight excluding hydrogens is 174 g/mol. The van der Waals surface area contributed by atoms with Gasteiger partial charge in [0.25, 0.3) is 11.8 Å². The van der Waals surface area contributed by atoms with Crippen molar-refractivity contribution in [2.24, 2.45) is 0 Å². The highest BCUT2D eigenvalue weighted by Crippen LogP contribution is 2.17. The summed E-state index contributed by atoms with van der Waals surface area (Å²) in [4.78, 5) is 22.4. The first-order valence-corrected chi connectivity index (χ1v) is 5.91. The quantitative estimate of drug-likeness (QED) is 0.483. The second-order valence-corrected chi connectivity index (χ2v) is 4.86. The molecule has 1 atom stereocenters. The van der Waals surface area contributed by atoms with Gasteiger partial charge in [-0.3, -0.25) is 9.59 Å². The second-order valence-electron chi connectivity index (χ2n) is 2.89. The van der Waals surface area contributed by atoms with Crippen LogP contribution in [0.1, 0.15) is 26.2 Å². The van der Waals surface area contributed by atoms with Gasteiger partial charge in [0.15, 0.2) is 0 Å². The normalized spacial score (nSPS) is 20.3. The predicted octanol–water partition coefficient (Wildman–Crippen LogP) is 0.708. The van der Waals surface area contributed by atoms with Crippen LogP contribution < -0.4 is 0 Å². The predicted molar refractivity (Wildman–Crippen MR) is 49.5 cm³/mol. The van der Waals surface area contributed by atoms with Gasteiger partial charge < -0.3 is 0 Å². The lowest BCUT2D eigenvalue weighted by molar-refractivity contribution is -0.132. The summed E-state index contributed by atoms with van der Waals surface area (Å²) >= 11 is -0.171. The molecule has 0 saturated carbocycles. The molecule has 3 nitrogen and oxygen atoms in total. The van der Waals surface area contributed by atoms with E-state index in [1.54, 1.807) is 0 Å². The highest BCUT2D eigenvalue weighted by Gasteiger charge is 2.39. The van der Waals surface area contributed by atoms with Crippen LogP contribution in [0.4, 0.5) is 0 Å². The first kappa shape index (κ1) is 9.58. The Bertz CT molecular complexity index is 189. The fourth-order valence-electron chi connectivity index (χ4n) is 1.29. The summed E-state index contributed by atoms with van der Waals surface area (Å²) in [5, 5.41) is 0. The van der Waals surface area contributed by atoms with Crippen LogP contribution in [-0.4, -0.2) is 28.1 Å². The molecule has 0 aromatic rings. The van der Waals surface area contributed by atoms with Crippen molar-refractivity contribution < 1.29 is 9.59 Å². The van der Waals surface area contributed by atoms with Crippen LogP contribution in [0.2, 0.25) is 0 Å². The van der Waals surface area contributed by atoms with Crippen molar-refractivity contribution in [3.8, 4) is 0 Å². The van der Waals surface area contributed by atoms with Gasteiger partial charge in [0, 0.05) is 12.8 Å². The number of nitrogens with zero attached hydrogens (tertiary/aromatic N) is 1. The molecule has 1 aliphatic rings. The molecule has 2 amide bonds. The highest BCUT2D eigenvalue weighted by molar-refractivity contribution is 7.95. The topological polar surface area (TPSA) is 37.4 Å². The summed E-state index contributed by atoms with van der Waals surface area (Å²) in [7, 11) is 0. The van der Waals surface area contributed by atoms with E-state index in [1.807, 2.05) is 6.26 Å². The van der Waals surface area contributed by atoms with Crippen LogP contribution >= 0.6 is 0 Å². The maximum atomic E-state index is 11.2. The van der Waals surface area contributed by atoms with Crippen molar-refractivity contribution in [3.05, 3.63) is 0 Å². The highest BCUT2D eigenvalue weighted by atomic mass is 32.2. The lowest BCUT2D eigenvalue weighted by atomic mass is 10.4. The van der Waals surface area contributed by atoms with Gasteiger partial charge in [-0.2, -0.15) is 0 Å². The fraction of sp³-hybridized carbons (Fsp3) is 0.750. The molecule has 0 aromatic heterocycles. The van der Waals surface area contributed by atoms with Gasteiger partial charge in [0.1, 0.15) is 23.1 Å². The number of carbonyl (C=O) groups excluding carboxylic acids is 2. The van der Waals surface area contributed by atoms with Crippen molar-refractivity contribution >= 4 is 22.9 Å². The van der Waals surface area contributed by atoms with Crippen molar-refractivity contribution in [1.29, 1.82) is 0 Å². The molecule has 4 heteroatoms. The van der Waals surface area contributed by atoms with E-state index in [1.165, 1.54) is 4.31 Å². The molecular formula is C8H14NO2S+. The lowest BCUT2D eigenvalue weighted by Gasteiger charge is -2.10. The third kappa shape index (κ3) is 1.80. The van der Waals surface area contributed by atoms with Crippen LogP contribution in [0.15, 0.2) is 0 Å². The van der Waals surface area contributed by atoms with E-state index in [0.29, 0.717) is 12.8 Å². The van der Waals surface area contributed by atoms with Gasteiger partial charge in [-0.15, -0.1) is 0 Å².